The molecule has 0 unspecified atom stereocenters. The van der Waals surface area contributed by atoms with Crippen molar-refractivity contribution < 1.29 is 18.4 Å². The molecule has 0 radical (unpaired) electrons. The van der Waals surface area contributed by atoms with E-state index >= 15 is 0 Å². The number of aromatic nitrogens is 1. The highest BCUT2D eigenvalue weighted by Crippen LogP contribution is 2.30. The Balaban J connectivity index is 1.37. The molecule has 1 saturated carbocycles. The molecule has 2 N–H and O–H groups in total. The van der Waals surface area contributed by atoms with Gasteiger partial charge in [-0.2, -0.15) is 0 Å². The molecule has 174 valence electrons. The second-order valence-electron chi connectivity index (χ2n) is 8.25. The molecule has 4 rings (SSSR count). The van der Waals surface area contributed by atoms with E-state index in [4.69, 9.17) is 0 Å². The Labute approximate surface area is 195 Å². The van der Waals surface area contributed by atoms with Crippen molar-refractivity contribution in [1.82, 2.24) is 15.2 Å². The topological polar surface area (TPSA) is 63.1 Å². The molecule has 2 amide bonds. The minimum Gasteiger partial charge on any atom is -0.353 e. The average molecular weight is 472 g/mol. The number of nitrogens with zero attached hydrogens (tertiary/aromatic N) is 1. The lowest BCUT2D eigenvalue weighted by Gasteiger charge is -2.22. The summed E-state index contributed by atoms with van der Waals surface area (Å²) in [7, 11) is 0. The van der Waals surface area contributed by atoms with Crippen molar-refractivity contribution in [3.8, 4) is 0 Å². The maximum atomic E-state index is 13.8. The monoisotopic (exact) mass is 471 g/mol. The van der Waals surface area contributed by atoms with Crippen molar-refractivity contribution in [2.45, 2.75) is 49.6 Å². The molecule has 1 heterocycles. The molecule has 33 heavy (non-hydrogen) atoms. The first-order valence-electron chi connectivity index (χ1n) is 11.2. The fraction of sp³-hybridized carbons (Fsp3) is 0.360. The van der Waals surface area contributed by atoms with Crippen LogP contribution in [-0.2, 0) is 11.3 Å². The number of hydrogen-bond acceptors (Lipinski definition) is 3. The maximum Gasteiger partial charge on any atom is 0.257 e. The molecule has 0 atom stereocenters. The second kappa shape index (κ2) is 10.8. The van der Waals surface area contributed by atoms with E-state index in [2.05, 4.69) is 10.6 Å². The maximum absolute atomic E-state index is 13.8. The van der Waals surface area contributed by atoms with Crippen LogP contribution in [0.15, 0.2) is 53.6 Å². The average Bonchev–Trinajstić information content (AvgIpc) is 3.16. The summed E-state index contributed by atoms with van der Waals surface area (Å²) in [6.45, 7) is 0.634. The van der Waals surface area contributed by atoms with Gasteiger partial charge in [-0.05, 0) is 31.0 Å². The summed E-state index contributed by atoms with van der Waals surface area (Å²) in [5.74, 6) is -2.17. The van der Waals surface area contributed by atoms with Gasteiger partial charge in [0.2, 0.25) is 5.91 Å². The highest BCUT2D eigenvalue weighted by atomic mass is 32.2. The fourth-order valence-electron chi connectivity index (χ4n) is 4.27. The van der Waals surface area contributed by atoms with Gasteiger partial charge in [-0.1, -0.05) is 43.5 Å². The minimum absolute atomic E-state index is 0.0444. The molecule has 8 heteroatoms. The van der Waals surface area contributed by atoms with E-state index in [0.29, 0.717) is 12.3 Å². The predicted octanol–water partition coefficient (Wildman–Crippen LogP) is 4.89. The van der Waals surface area contributed by atoms with Crippen LogP contribution in [0.5, 0.6) is 0 Å². The van der Waals surface area contributed by atoms with Gasteiger partial charge in [0.05, 0.1) is 5.75 Å². The molecular formula is C25H27F2N3O2S. The van der Waals surface area contributed by atoms with Gasteiger partial charge in [0, 0.05) is 41.1 Å². The standard InChI is InChI=1S/C25H27F2N3O2S/c26-19-10-6-11-20(27)24(19)25(32)28-13-14-30-15-22(18-9-4-5-12-21(18)30)33-16-23(31)29-17-7-2-1-3-8-17/h4-6,9-12,15,17H,1-3,7-8,13-14,16H2,(H,28,32)(H,29,31). The molecule has 1 fully saturated rings. The molecule has 0 saturated heterocycles. The molecule has 0 aliphatic heterocycles. The quantitative estimate of drug-likeness (QED) is 0.460. The molecule has 0 spiro atoms. The number of para-hydroxylation sites is 1. The van der Waals surface area contributed by atoms with Crippen LogP contribution < -0.4 is 10.6 Å². The Morgan fingerprint density at radius 2 is 1.73 bits per heavy atom. The number of benzene rings is 2. The number of fused-ring (bicyclic) bond motifs is 1. The Kier molecular flexibility index (Phi) is 7.65. The van der Waals surface area contributed by atoms with Crippen molar-refractivity contribution in [3.63, 3.8) is 0 Å². The third kappa shape index (κ3) is 5.74. The summed E-state index contributed by atoms with van der Waals surface area (Å²) in [6.07, 6.45) is 7.66. The van der Waals surface area contributed by atoms with Gasteiger partial charge in [-0.3, -0.25) is 9.59 Å². The van der Waals surface area contributed by atoms with Gasteiger partial charge in [-0.15, -0.1) is 11.8 Å². The fourth-order valence-corrected chi connectivity index (χ4v) is 5.17. The van der Waals surface area contributed by atoms with Crippen molar-refractivity contribution >= 4 is 34.5 Å². The van der Waals surface area contributed by atoms with Crippen molar-refractivity contribution in [1.29, 1.82) is 0 Å². The number of carbonyl (C=O) groups excluding carboxylic acids is 2. The number of thioether (sulfide) groups is 1. The van der Waals surface area contributed by atoms with Crippen LogP contribution in [0.4, 0.5) is 8.78 Å². The van der Waals surface area contributed by atoms with Gasteiger partial charge in [0.25, 0.3) is 5.91 Å². The molecule has 3 aromatic rings. The Morgan fingerprint density at radius 1 is 1.00 bits per heavy atom. The van der Waals surface area contributed by atoms with Crippen LogP contribution in [0, 0.1) is 11.6 Å². The summed E-state index contributed by atoms with van der Waals surface area (Å²) < 4.78 is 29.6. The summed E-state index contributed by atoms with van der Waals surface area (Å²) in [6, 6.07) is 11.5. The van der Waals surface area contributed by atoms with E-state index in [1.54, 1.807) is 0 Å². The Bertz CT molecular complexity index is 1120. The van der Waals surface area contributed by atoms with Crippen LogP contribution >= 0.6 is 11.8 Å². The number of amides is 2. The third-order valence-corrected chi connectivity index (χ3v) is 6.95. The normalized spacial score (nSPS) is 14.4. The third-order valence-electron chi connectivity index (χ3n) is 5.91. The SMILES string of the molecule is O=C(CSc1cn(CCNC(=O)c2c(F)cccc2F)c2ccccc12)NC1CCCCC1. The zero-order chi connectivity index (χ0) is 23.2. The Morgan fingerprint density at radius 3 is 2.48 bits per heavy atom. The smallest absolute Gasteiger partial charge is 0.257 e. The van der Waals surface area contributed by atoms with Crippen molar-refractivity contribution in [2.24, 2.45) is 0 Å². The van der Waals surface area contributed by atoms with Crippen LogP contribution in [0.3, 0.4) is 0 Å². The van der Waals surface area contributed by atoms with Crippen LogP contribution in [0.1, 0.15) is 42.5 Å². The molecular weight excluding hydrogens is 444 g/mol. The van der Waals surface area contributed by atoms with Gasteiger partial charge in [0.15, 0.2) is 0 Å². The highest BCUT2D eigenvalue weighted by Gasteiger charge is 2.18. The lowest BCUT2D eigenvalue weighted by Crippen LogP contribution is -2.37. The van der Waals surface area contributed by atoms with Crippen molar-refractivity contribution in [2.75, 3.05) is 12.3 Å². The Hall–Kier alpha value is -2.87. The van der Waals surface area contributed by atoms with Gasteiger partial charge in [0.1, 0.15) is 17.2 Å². The summed E-state index contributed by atoms with van der Waals surface area (Å²) in [4.78, 5) is 25.6. The summed E-state index contributed by atoms with van der Waals surface area (Å²) in [5, 5.41) is 6.76. The van der Waals surface area contributed by atoms with Crippen LogP contribution in [-0.4, -0.2) is 34.7 Å². The van der Waals surface area contributed by atoms with Crippen LogP contribution in [0.2, 0.25) is 0 Å². The van der Waals surface area contributed by atoms with E-state index in [1.807, 2.05) is 35.0 Å². The largest absolute Gasteiger partial charge is 0.353 e. The summed E-state index contributed by atoms with van der Waals surface area (Å²) >= 11 is 1.49. The first-order chi connectivity index (χ1) is 16.0. The molecule has 2 aromatic carbocycles. The first kappa shape index (κ1) is 23.3. The number of rotatable bonds is 8. The van der Waals surface area contributed by atoms with E-state index in [-0.39, 0.29) is 18.5 Å². The number of carbonyl (C=O) groups is 2. The molecule has 5 nitrogen and oxygen atoms in total. The van der Waals surface area contributed by atoms with Gasteiger partial charge >= 0.3 is 0 Å². The first-order valence-corrected chi connectivity index (χ1v) is 12.2. The summed E-state index contributed by atoms with van der Waals surface area (Å²) in [5.41, 5.74) is 0.397. The van der Waals surface area contributed by atoms with Gasteiger partial charge in [-0.25, -0.2) is 8.78 Å². The lowest BCUT2D eigenvalue weighted by atomic mass is 9.95. The van der Waals surface area contributed by atoms with E-state index in [9.17, 15) is 18.4 Å². The minimum atomic E-state index is -0.885. The van der Waals surface area contributed by atoms with E-state index in [0.717, 1.165) is 40.8 Å². The molecule has 1 aromatic heterocycles. The molecule has 0 bridgehead atoms. The number of halogens is 2. The van der Waals surface area contributed by atoms with E-state index in [1.165, 1.54) is 37.1 Å². The van der Waals surface area contributed by atoms with E-state index < -0.39 is 23.1 Å². The highest BCUT2D eigenvalue weighted by molar-refractivity contribution is 8.00. The molecule has 1 aliphatic carbocycles. The van der Waals surface area contributed by atoms with Crippen molar-refractivity contribution in [3.05, 3.63) is 65.9 Å². The zero-order valence-electron chi connectivity index (χ0n) is 18.3. The molecule has 1 aliphatic rings. The number of nitrogens with one attached hydrogen (secondary N) is 2. The zero-order valence-corrected chi connectivity index (χ0v) is 19.1. The predicted molar refractivity (Wildman–Crippen MR) is 126 cm³/mol. The lowest BCUT2D eigenvalue weighted by molar-refractivity contribution is -0.119. The number of hydrogen-bond donors (Lipinski definition) is 2. The van der Waals surface area contributed by atoms with Crippen LogP contribution in [0.25, 0.3) is 10.9 Å². The second-order valence-corrected chi connectivity index (χ2v) is 9.26. The van der Waals surface area contributed by atoms with Gasteiger partial charge < -0.3 is 15.2 Å².